The number of likely N-dealkylation sites (tertiary alicyclic amines) is 1. The molecule has 2 fully saturated rings. The number of carboxylic acids is 1. The molecule has 9 heteroatoms. The van der Waals surface area contributed by atoms with Gasteiger partial charge in [0, 0.05) is 31.3 Å². The molecular weight excluding hydrogens is 402 g/mol. The number of carbonyl (C=O) groups is 1. The lowest BCUT2D eigenvalue weighted by molar-refractivity contribution is -0.138. The fraction of sp³-hybridized carbons (Fsp3) is 0.857. The van der Waals surface area contributed by atoms with Crippen molar-refractivity contribution >= 4 is 29.4 Å². The summed E-state index contributed by atoms with van der Waals surface area (Å²) in [4.78, 5) is 12.8. The first-order valence-electron chi connectivity index (χ1n) is 11.1. The Balaban J connectivity index is 1.64. The smallest absolute Gasteiger partial charge is 0.303 e. The number of nitrogens with zero attached hydrogens (tertiary/aromatic N) is 1. The number of hydrogen-bond acceptors (Lipinski definition) is 7. The van der Waals surface area contributed by atoms with E-state index in [-0.39, 0.29) is 23.1 Å². The number of nitrogens with one attached hydrogen (secondary N) is 3. The van der Waals surface area contributed by atoms with E-state index in [9.17, 15) is 9.90 Å². The third-order valence-corrected chi connectivity index (χ3v) is 7.77. The highest BCUT2D eigenvalue weighted by molar-refractivity contribution is 8.00. The topological polar surface area (TPSA) is 147 Å². The van der Waals surface area contributed by atoms with E-state index in [2.05, 4.69) is 19.2 Å². The summed E-state index contributed by atoms with van der Waals surface area (Å²) in [6, 6.07) is 0.116. The highest BCUT2D eigenvalue weighted by Crippen LogP contribution is 2.52. The Kier molecular flexibility index (Phi) is 9.59. The minimum atomic E-state index is -0.743. The van der Waals surface area contributed by atoms with Gasteiger partial charge >= 0.3 is 5.97 Å². The zero-order valence-electron chi connectivity index (χ0n) is 18.3. The van der Waals surface area contributed by atoms with E-state index < -0.39 is 12.2 Å². The summed E-state index contributed by atoms with van der Waals surface area (Å²) in [6.07, 6.45) is 5.50. The molecule has 1 aliphatic heterocycles. The molecule has 0 amide bonds. The van der Waals surface area contributed by atoms with Gasteiger partial charge in [-0.05, 0) is 43.4 Å². The first-order valence-corrected chi connectivity index (χ1v) is 12.1. The van der Waals surface area contributed by atoms with Crippen molar-refractivity contribution in [3.05, 3.63) is 0 Å². The van der Waals surface area contributed by atoms with Crippen LogP contribution < -0.4 is 11.1 Å². The van der Waals surface area contributed by atoms with Crippen LogP contribution in [-0.2, 0) is 4.79 Å². The van der Waals surface area contributed by atoms with Crippen LogP contribution in [0.2, 0.25) is 0 Å². The van der Waals surface area contributed by atoms with Crippen molar-refractivity contribution in [2.24, 2.45) is 17.1 Å². The Bertz CT molecular complexity index is 611. The standard InChI is InChI=1S/C21H39N5O3S/c1-14(2)15(12-22)25-18(27)6-4-3-5-9-26-17(23)10-16(20(26)24)30-13-21(7-8-21)11-19(28)29/h14-16,18,23-25,27H,3-13,22H2,1-2H3,(H,28,29)/t15-,16?,18?/m1/s1. The molecule has 3 atom stereocenters. The summed E-state index contributed by atoms with van der Waals surface area (Å²) in [6.45, 7) is 5.33. The SMILES string of the molecule is CC(C)[C@@H](CN)NC(O)CCCCCN1C(=N)CC(SCC2(CC(=O)O)CC2)C1=N. The van der Waals surface area contributed by atoms with Crippen LogP contribution in [0.4, 0.5) is 0 Å². The largest absolute Gasteiger partial charge is 0.481 e. The Morgan fingerprint density at radius 3 is 2.60 bits per heavy atom. The Morgan fingerprint density at radius 2 is 2.03 bits per heavy atom. The number of nitrogens with two attached hydrogens (primary N) is 1. The van der Waals surface area contributed by atoms with Crippen LogP contribution in [0.1, 0.15) is 65.2 Å². The van der Waals surface area contributed by atoms with Crippen LogP contribution in [0.15, 0.2) is 0 Å². The summed E-state index contributed by atoms with van der Waals surface area (Å²) in [5.74, 6) is 1.37. The molecule has 1 heterocycles. The average molecular weight is 442 g/mol. The number of amidine groups is 2. The number of rotatable bonds is 15. The highest BCUT2D eigenvalue weighted by Gasteiger charge is 2.45. The zero-order valence-corrected chi connectivity index (χ0v) is 19.1. The first-order chi connectivity index (χ1) is 14.2. The maximum atomic E-state index is 11.0. The van der Waals surface area contributed by atoms with Gasteiger partial charge in [-0.25, -0.2) is 0 Å². The molecule has 0 aromatic heterocycles. The van der Waals surface area contributed by atoms with Gasteiger partial charge in [0.2, 0.25) is 0 Å². The minimum absolute atomic E-state index is 0.0287. The number of thioether (sulfide) groups is 1. The number of aliphatic hydroxyl groups is 1. The van der Waals surface area contributed by atoms with Gasteiger partial charge in [-0.2, -0.15) is 0 Å². The number of aliphatic carboxylic acids is 1. The van der Waals surface area contributed by atoms with E-state index in [4.69, 9.17) is 21.7 Å². The third kappa shape index (κ3) is 7.51. The number of aliphatic hydroxyl groups excluding tert-OH is 1. The monoisotopic (exact) mass is 441 g/mol. The molecule has 2 rings (SSSR count). The second kappa shape index (κ2) is 11.5. The molecule has 1 saturated carbocycles. The van der Waals surface area contributed by atoms with Gasteiger partial charge in [-0.3, -0.25) is 20.9 Å². The molecule has 0 spiro atoms. The van der Waals surface area contributed by atoms with Crippen LogP contribution in [-0.4, -0.2) is 69.1 Å². The maximum absolute atomic E-state index is 11.0. The normalized spacial score (nSPS) is 22.6. The molecule has 2 aliphatic rings. The predicted molar refractivity (Wildman–Crippen MR) is 122 cm³/mol. The number of unbranched alkanes of at least 4 members (excludes halogenated alkanes) is 2. The van der Waals surface area contributed by atoms with E-state index >= 15 is 0 Å². The summed E-state index contributed by atoms with van der Waals surface area (Å²) < 4.78 is 0. The fourth-order valence-corrected chi connectivity index (χ4v) is 5.40. The molecule has 30 heavy (non-hydrogen) atoms. The van der Waals surface area contributed by atoms with E-state index in [1.54, 1.807) is 16.7 Å². The van der Waals surface area contributed by atoms with Crippen LogP contribution in [0.3, 0.4) is 0 Å². The van der Waals surface area contributed by atoms with E-state index in [0.717, 1.165) is 37.9 Å². The fourth-order valence-electron chi connectivity index (χ4n) is 3.89. The van der Waals surface area contributed by atoms with Gasteiger partial charge in [0.15, 0.2) is 0 Å². The van der Waals surface area contributed by atoms with Crippen LogP contribution in [0, 0.1) is 22.2 Å². The second-order valence-electron chi connectivity index (χ2n) is 9.18. The van der Waals surface area contributed by atoms with E-state index in [1.165, 1.54) is 0 Å². The lowest BCUT2D eigenvalue weighted by Gasteiger charge is -2.24. The van der Waals surface area contributed by atoms with Crippen LogP contribution in [0.25, 0.3) is 0 Å². The van der Waals surface area contributed by atoms with Gasteiger partial charge in [0.25, 0.3) is 0 Å². The maximum Gasteiger partial charge on any atom is 0.303 e. The zero-order chi connectivity index (χ0) is 22.3. The van der Waals surface area contributed by atoms with Gasteiger partial charge < -0.3 is 20.8 Å². The third-order valence-electron chi connectivity index (χ3n) is 6.20. The van der Waals surface area contributed by atoms with Crippen molar-refractivity contribution in [3.8, 4) is 0 Å². The quantitative estimate of drug-likeness (QED) is 0.169. The van der Waals surface area contributed by atoms with Crippen molar-refractivity contribution in [2.75, 3.05) is 18.8 Å². The molecule has 172 valence electrons. The summed E-state index contributed by atoms with van der Waals surface area (Å²) in [5.41, 5.74) is 5.64. The van der Waals surface area contributed by atoms with Crippen molar-refractivity contribution < 1.29 is 15.0 Å². The average Bonchev–Trinajstić information content (AvgIpc) is 3.37. The molecule has 0 aromatic rings. The van der Waals surface area contributed by atoms with Gasteiger partial charge in [-0.1, -0.05) is 20.3 Å². The molecule has 8 nitrogen and oxygen atoms in total. The first kappa shape index (κ1) is 25.1. The highest BCUT2D eigenvalue weighted by atomic mass is 32.2. The van der Waals surface area contributed by atoms with Gasteiger partial charge in [-0.15, -0.1) is 11.8 Å². The lowest BCUT2D eigenvalue weighted by atomic mass is 10.0. The number of carboxylic acid groups (broad SMARTS) is 1. The van der Waals surface area contributed by atoms with Crippen LogP contribution >= 0.6 is 11.8 Å². The Morgan fingerprint density at radius 1 is 1.33 bits per heavy atom. The molecule has 2 unspecified atom stereocenters. The van der Waals surface area contributed by atoms with Crippen LogP contribution in [0.5, 0.6) is 0 Å². The second-order valence-corrected chi connectivity index (χ2v) is 10.4. The molecule has 0 radical (unpaired) electrons. The van der Waals surface area contributed by atoms with Crippen molar-refractivity contribution in [1.29, 1.82) is 10.8 Å². The Hall–Kier alpha value is -1.16. The Labute approximate surface area is 184 Å². The number of hydrogen-bond donors (Lipinski definition) is 6. The summed E-state index contributed by atoms with van der Waals surface area (Å²) in [7, 11) is 0. The molecule has 0 bridgehead atoms. The summed E-state index contributed by atoms with van der Waals surface area (Å²) >= 11 is 1.65. The molecule has 1 aliphatic carbocycles. The lowest BCUT2D eigenvalue weighted by Crippen LogP contribution is -2.45. The summed E-state index contributed by atoms with van der Waals surface area (Å²) in [5, 5.41) is 39.0. The van der Waals surface area contributed by atoms with Gasteiger partial charge in [0.05, 0.1) is 11.7 Å². The van der Waals surface area contributed by atoms with Gasteiger partial charge in [0.1, 0.15) is 17.9 Å². The van der Waals surface area contributed by atoms with Crippen molar-refractivity contribution in [2.45, 2.75) is 82.7 Å². The van der Waals surface area contributed by atoms with E-state index in [1.807, 2.05) is 0 Å². The van der Waals surface area contributed by atoms with Crippen molar-refractivity contribution in [3.63, 3.8) is 0 Å². The molecule has 7 N–H and O–H groups in total. The van der Waals surface area contributed by atoms with E-state index in [0.29, 0.717) is 43.5 Å². The molecule has 0 aromatic carbocycles. The molecular formula is C21H39N5O3S. The van der Waals surface area contributed by atoms with Crippen molar-refractivity contribution in [1.82, 2.24) is 10.2 Å². The minimum Gasteiger partial charge on any atom is -0.481 e. The predicted octanol–water partition coefficient (Wildman–Crippen LogP) is 2.46. The molecule has 1 saturated heterocycles.